The van der Waals surface area contributed by atoms with Crippen molar-refractivity contribution < 1.29 is 0 Å². The molecule has 0 bridgehead atoms. The van der Waals surface area contributed by atoms with E-state index < -0.39 is 0 Å². The van der Waals surface area contributed by atoms with Crippen LogP contribution in [-0.4, -0.2) is 6.04 Å². The van der Waals surface area contributed by atoms with E-state index in [-0.39, 0.29) is 11.5 Å². The number of hydrogen-bond acceptors (Lipinski definition) is 1. The molecule has 0 aliphatic heterocycles. The second kappa shape index (κ2) is 4.64. The number of hydrogen-bond donors (Lipinski definition) is 1. The molecule has 0 heterocycles. The fourth-order valence-electron chi connectivity index (χ4n) is 2.54. The third kappa shape index (κ3) is 2.85. The molecular formula is C14H17Cl2N. The van der Waals surface area contributed by atoms with Gasteiger partial charge in [0.25, 0.3) is 0 Å². The molecule has 1 atom stereocenters. The number of allylic oxidation sites excluding steroid dienone is 1. The summed E-state index contributed by atoms with van der Waals surface area (Å²) in [5.74, 6) is 0. The standard InChI is InChI=1S/C14H17Cl2N/c1-14(2)7-9(6-10(17)8-14)11-4-3-5-12(15)13(11)16/h3-6,10H,7-8,17H2,1-2H3. The van der Waals surface area contributed by atoms with Gasteiger partial charge in [-0.3, -0.25) is 0 Å². The third-order valence-electron chi connectivity index (χ3n) is 3.17. The lowest BCUT2D eigenvalue weighted by Crippen LogP contribution is -2.30. The Morgan fingerprint density at radius 1 is 1.29 bits per heavy atom. The van der Waals surface area contributed by atoms with Gasteiger partial charge >= 0.3 is 0 Å². The summed E-state index contributed by atoms with van der Waals surface area (Å²) in [6, 6.07) is 5.84. The van der Waals surface area contributed by atoms with E-state index in [1.165, 1.54) is 5.57 Å². The molecular weight excluding hydrogens is 253 g/mol. The van der Waals surface area contributed by atoms with Crippen LogP contribution in [0.5, 0.6) is 0 Å². The predicted octanol–water partition coefficient (Wildman–Crippen LogP) is 4.52. The second-order valence-corrected chi connectivity index (χ2v) is 6.29. The van der Waals surface area contributed by atoms with Crippen LogP contribution in [0.15, 0.2) is 24.3 Å². The third-order valence-corrected chi connectivity index (χ3v) is 3.99. The zero-order valence-electron chi connectivity index (χ0n) is 10.1. The van der Waals surface area contributed by atoms with Gasteiger partial charge < -0.3 is 5.73 Å². The molecule has 0 aromatic heterocycles. The topological polar surface area (TPSA) is 26.0 Å². The first-order valence-electron chi connectivity index (χ1n) is 5.80. The van der Waals surface area contributed by atoms with E-state index in [0.29, 0.717) is 10.0 Å². The van der Waals surface area contributed by atoms with Crippen molar-refractivity contribution in [2.75, 3.05) is 0 Å². The molecule has 3 heteroatoms. The van der Waals surface area contributed by atoms with Crippen molar-refractivity contribution in [3.8, 4) is 0 Å². The summed E-state index contributed by atoms with van der Waals surface area (Å²) in [7, 11) is 0. The highest BCUT2D eigenvalue weighted by molar-refractivity contribution is 6.43. The monoisotopic (exact) mass is 269 g/mol. The molecule has 0 saturated carbocycles. The molecule has 17 heavy (non-hydrogen) atoms. The van der Waals surface area contributed by atoms with Crippen molar-refractivity contribution in [2.45, 2.75) is 32.7 Å². The van der Waals surface area contributed by atoms with Crippen LogP contribution in [0.2, 0.25) is 10.0 Å². The molecule has 92 valence electrons. The Kier molecular flexibility index (Phi) is 3.53. The van der Waals surface area contributed by atoms with Crippen LogP contribution < -0.4 is 5.73 Å². The quantitative estimate of drug-likeness (QED) is 0.797. The van der Waals surface area contributed by atoms with E-state index >= 15 is 0 Å². The number of nitrogens with two attached hydrogens (primary N) is 1. The minimum Gasteiger partial charge on any atom is -0.324 e. The predicted molar refractivity (Wildman–Crippen MR) is 75.4 cm³/mol. The summed E-state index contributed by atoms with van der Waals surface area (Å²) < 4.78 is 0. The molecule has 1 nitrogen and oxygen atoms in total. The maximum absolute atomic E-state index is 6.25. The molecule has 0 amide bonds. The lowest BCUT2D eigenvalue weighted by molar-refractivity contribution is 0.319. The molecule has 1 aromatic rings. The van der Waals surface area contributed by atoms with E-state index in [1.54, 1.807) is 0 Å². The highest BCUT2D eigenvalue weighted by Crippen LogP contribution is 2.42. The van der Waals surface area contributed by atoms with Gasteiger partial charge in [0, 0.05) is 6.04 Å². The molecule has 0 saturated heterocycles. The Labute approximate surface area is 113 Å². The molecule has 2 N–H and O–H groups in total. The molecule has 1 aromatic carbocycles. The minimum absolute atomic E-state index is 0.101. The van der Waals surface area contributed by atoms with Gasteiger partial charge in [-0.05, 0) is 35.5 Å². The van der Waals surface area contributed by atoms with Crippen molar-refractivity contribution in [2.24, 2.45) is 11.1 Å². The zero-order chi connectivity index (χ0) is 12.6. The first-order valence-corrected chi connectivity index (χ1v) is 6.55. The largest absolute Gasteiger partial charge is 0.324 e. The van der Waals surface area contributed by atoms with Crippen LogP contribution in [0.3, 0.4) is 0 Å². The second-order valence-electron chi connectivity index (χ2n) is 5.50. The Hall–Kier alpha value is -0.500. The van der Waals surface area contributed by atoms with Gasteiger partial charge in [0.05, 0.1) is 10.0 Å². The van der Waals surface area contributed by atoms with Crippen molar-refractivity contribution in [1.82, 2.24) is 0 Å². The minimum atomic E-state index is 0.101. The Morgan fingerprint density at radius 2 is 2.00 bits per heavy atom. The summed E-state index contributed by atoms with van der Waals surface area (Å²) in [5.41, 5.74) is 8.52. The highest BCUT2D eigenvalue weighted by atomic mass is 35.5. The fraction of sp³-hybridized carbons (Fsp3) is 0.429. The Bertz CT molecular complexity index is 463. The van der Waals surface area contributed by atoms with Gasteiger partial charge in [0.1, 0.15) is 0 Å². The summed E-state index contributed by atoms with van der Waals surface area (Å²) in [6.07, 6.45) is 4.11. The lowest BCUT2D eigenvalue weighted by Gasteiger charge is -2.33. The highest BCUT2D eigenvalue weighted by Gasteiger charge is 2.28. The lowest BCUT2D eigenvalue weighted by atomic mass is 9.74. The first-order chi connectivity index (χ1) is 7.89. The van der Waals surface area contributed by atoms with Crippen LogP contribution in [0.4, 0.5) is 0 Å². The van der Waals surface area contributed by atoms with Gasteiger partial charge in [-0.1, -0.05) is 55.3 Å². The van der Waals surface area contributed by atoms with Crippen LogP contribution in [0.25, 0.3) is 5.57 Å². The molecule has 1 aliphatic carbocycles. The molecule has 1 aliphatic rings. The molecule has 2 rings (SSSR count). The average Bonchev–Trinajstić information content (AvgIpc) is 2.19. The molecule has 0 spiro atoms. The number of benzene rings is 1. The van der Waals surface area contributed by atoms with E-state index in [0.717, 1.165) is 18.4 Å². The van der Waals surface area contributed by atoms with Crippen molar-refractivity contribution in [1.29, 1.82) is 0 Å². The summed E-state index contributed by atoms with van der Waals surface area (Å²) in [6.45, 7) is 4.47. The van der Waals surface area contributed by atoms with E-state index in [1.807, 2.05) is 18.2 Å². The fourth-order valence-corrected chi connectivity index (χ4v) is 2.96. The van der Waals surface area contributed by atoms with E-state index in [2.05, 4.69) is 19.9 Å². The zero-order valence-corrected chi connectivity index (χ0v) is 11.6. The van der Waals surface area contributed by atoms with Crippen LogP contribution in [0.1, 0.15) is 32.3 Å². The van der Waals surface area contributed by atoms with Crippen molar-refractivity contribution >= 4 is 28.8 Å². The van der Waals surface area contributed by atoms with Crippen LogP contribution >= 0.6 is 23.2 Å². The van der Waals surface area contributed by atoms with Gasteiger partial charge in [-0.25, -0.2) is 0 Å². The SMILES string of the molecule is CC1(C)CC(c2cccc(Cl)c2Cl)=CC(N)C1. The molecule has 0 radical (unpaired) electrons. The van der Waals surface area contributed by atoms with Crippen LogP contribution in [0, 0.1) is 5.41 Å². The first kappa shape index (κ1) is 12.9. The maximum atomic E-state index is 6.25. The van der Waals surface area contributed by atoms with Gasteiger partial charge in [-0.2, -0.15) is 0 Å². The molecule has 1 unspecified atom stereocenters. The van der Waals surface area contributed by atoms with Gasteiger partial charge in [0.2, 0.25) is 0 Å². The van der Waals surface area contributed by atoms with E-state index in [4.69, 9.17) is 28.9 Å². The molecule has 0 fully saturated rings. The summed E-state index contributed by atoms with van der Waals surface area (Å²) in [5, 5.41) is 1.23. The summed E-state index contributed by atoms with van der Waals surface area (Å²) in [4.78, 5) is 0. The van der Waals surface area contributed by atoms with Gasteiger partial charge in [0.15, 0.2) is 0 Å². The van der Waals surface area contributed by atoms with Crippen LogP contribution in [-0.2, 0) is 0 Å². The number of rotatable bonds is 1. The Balaban J connectivity index is 2.43. The smallest absolute Gasteiger partial charge is 0.0667 e. The van der Waals surface area contributed by atoms with E-state index in [9.17, 15) is 0 Å². The maximum Gasteiger partial charge on any atom is 0.0667 e. The van der Waals surface area contributed by atoms with Crippen molar-refractivity contribution in [3.63, 3.8) is 0 Å². The summed E-state index contributed by atoms with van der Waals surface area (Å²) >= 11 is 12.3. The van der Waals surface area contributed by atoms with Gasteiger partial charge in [-0.15, -0.1) is 0 Å². The number of halogens is 2. The average molecular weight is 270 g/mol. The normalized spacial score (nSPS) is 23.4. The Morgan fingerprint density at radius 3 is 2.65 bits per heavy atom. The van der Waals surface area contributed by atoms with Crippen molar-refractivity contribution in [3.05, 3.63) is 39.9 Å².